The van der Waals surface area contributed by atoms with E-state index in [1.54, 1.807) is 30.3 Å². The molecular weight excluding hydrogens is 501 g/mol. The number of nitrogens with one attached hydrogen (secondary N) is 1. The number of alkyl halides is 3. The lowest BCUT2D eigenvalue weighted by molar-refractivity contribution is -0.137. The minimum absolute atomic E-state index is 0.0115. The van der Waals surface area contributed by atoms with Crippen LogP contribution < -0.4 is 10.2 Å². The van der Waals surface area contributed by atoms with Crippen LogP contribution in [0.3, 0.4) is 0 Å². The quantitative estimate of drug-likeness (QED) is 0.261. The first-order valence-electron chi connectivity index (χ1n) is 10.8. The van der Waals surface area contributed by atoms with E-state index in [1.807, 2.05) is 6.07 Å². The second kappa shape index (κ2) is 11.3. The van der Waals surface area contributed by atoms with Crippen molar-refractivity contribution in [2.75, 3.05) is 31.2 Å². The van der Waals surface area contributed by atoms with Crippen molar-refractivity contribution in [3.8, 4) is 0 Å². The molecule has 0 aliphatic carbocycles. The van der Waals surface area contributed by atoms with Crippen LogP contribution in [0.1, 0.15) is 27.0 Å². The maximum Gasteiger partial charge on any atom is 0.416 e. The number of aromatic nitrogens is 2. The molecule has 1 N–H and O–H groups in total. The van der Waals surface area contributed by atoms with E-state index in [4.69, 9.17) is 16.3 Å². The number of rotatable bonds is 7. The van der Waals surface area contributed by atoms with Crippen LogP contribution in [0.2, 0.25) is 5.15 Å². The van der Waals surface area contributed by atoms with Gasteiger partial charge in [-0.3, -0.25) is 4.79 Å². The number of benzene rings is 2. The number of halogens is 4. The van der Waals surface area contributed by atoms with E-state index >= 15 is 0 Å². The zero-order chi connectivity index (χ0) is 24.8. The lowest BCUT2D eigenvalue weighted by Crippen LogP contribution is -2.36. The summed E-state index contributed by atoms with van der Waals surface area (Å²) in [7, 11) is 0. The van der Waals surface area contributed by atoms with Gasteiger partial charge in [-0.05, 0) is 35.4 Å². The van der Waals surface area contributed by atoms with Crippen molar-refractivity contribution in [1.29, 1.82) is 0 Å². The third kappa shape index (κ3) is 7.09. The highest BCUT2D eigenvalue weighted by Gasteiger charge is 2.30. The Morgan fingerprint density at radius 1 is 1.06 bits per heavy atom. The van der Waals surface area contributed by atoms with Crippen molar-refractivity contribution in [2.45, 2.75) is 23.6 Å². The van der Waals surface area contributed by atoms with E-state index in [-0.39, 0.29) is 12.5 Å². The molecule has 0 saturated carbocycles. The molecule has 2 heterocycles. The van der Waals surface area contributed by atoms with Crippen molar-refractivity contribution in [1.82, 2.24) is 15.3 Å². The molecule has 184 valence electrons. The summed E-state index contributed by atoms with van der Waals surface area (Å²) in [6, 6.07) is 13.7. The van der Waals surface area contributed by atoms with E-state index in [0.717, 1.165) is 36.6 Å². The van der Waals surface area contributed by atoms with Gasteiger partial charge in [0.25, 0.3) is 5.91 Å². The van der Waals surface area contributed by atoms with Gasteiger partial charge in [0.15, 0.2) is 5.16 Å². The molecule has 0 spiro atoms. The molecule has 3 aromatic rings. The number of amides is 1. The van der Waals surface area contributed by atoms with Crippen LogP contribution in [-0.4, -0.2) is 42.2 Å². The molecule has 1 aromatic heterocycles. The molecular formula is C24H22ClF3N4O2S. The fraction of sp³-hybridized carbons (Fsp3) is 0.292. The summed E-state index contributed by atoms with van der Waals surface area (Å²) in [5.74, 6) is 0.888. The Kier molecular flexibility index (Phi) is 8.15. The minimum atomic E-state index is -4.43. The number of nitrogens with zero attached hydrogens (tertiary/aromatic N) is 3. The predicted octanol–water partition coefficient (Wildman–Crippen LogP) is 5.21. The number of hydrogen-bond acceptors (Lipinski definition) is 6. The number of anilines is 1. The second-order valence-electron chi connectivity index (χ2n) is 7.80. The summed E-state index contributed by atoms with van der Waals surface area (Å²) >= 11 is 7.60. The Morgan fingerprint density at radius 3 is 2.57 bits per heavy atom. The third-order valence-electron chi connectivity index (χ3n) is 5.26. The predicted molar refractivity (Wildman–Crippen MR) is 129 cm³/mol. The molecule has 1 aliphatic rings. The number of carbonyl (C=O) groups excluding carboxylic acids is 1. The van der Waals surface area contributed by atoms with E-state index in [0.29, 0.717) is 40.4 Å². The van der Waals surface area contributed by atoms with E-state index in [2.05, 4.69) is 20.2 Å². The van der Waals surface area contributed by atoms with Crippen LogP contribution in [0.15, 0.2) is 59.8 Å². The van der Waals surface area contributed by atoms with Gasteiger partial charge in [-0.2, -0.15) is 13.2 Å². The number of carbonyl (C=O) groups is 1. The summed E-state index contributed by atoms with van der Waals surface area (Å²) in [6.07, 6.45) is -4.43. The van der Waals surface area contributed by atoms with E-state index < -0.39 is 11.7 Å². The molecule has 1 fully saturated rings. The molecule has 1 amide bonds. The average molecular weight is 523 g/mol. The van der Waals surface area contributed by atoms with Crippen LogP contribution in [0, 0.1) is 0 Å². The number of morpholine rings is 1. The molecule has 4 rings (SSSR count). The van der Waals surface area contributed by atoms with Gasteiger partial charge in [-0.1, -0.05) is 47.6 Å². The van der Waals surface area contributed by atoms with Crippen LogP contribution in [-0.2, 0) is 23.2 Å². The van der Waals surface area contributed by atoms with Crippen LogP contribution in [0.4, 0.5) is 19.0 Å². The Hall–Kier alpha value is -2.82. The summed E-state index contributed by atoms with van der Waals surface area (Å²) in [5.41, 5.74) is 0.909. The molecule has 6 nitrogen and oxygen atoms in total. The van der Waals surface area contributed by atoms with Crippen LogP contribution in [0.5, 0.6) is 0 Å². The highest BCUT2D eigenvalue weighted by atomic mass is 35.5. The molecule has 11 heteroatoms. The zero-order valence-corrected chi connectivity index (χ0v) is 20.1. The summed E-state index contributed by atoms with van der Waals surface area (Å²) in [6.45, 7) is 2.71. The number of ether oxygens (including phenoxy) is 1. The lowest BCUT2D eigenvalue weighted by Gasteiger charge is -2.27. The summed E-state index contributed by atoms with van der Waals surface area (Å²) < 4.78 is 44.1. The topological polar surface area (TPSA) is 67.4 Å². The Labute approximate surface area is 209 Å². The van der Waals surface area contributed by atoms with Gasteiger partial charge in [0.1, 0.15) is 11.0 Å². The largest absolute Gasteiger partial charge is 0.416 e. The molecule has 0 radical (unpaired) electrons. The van der Waals surface area contributed by atoms with Crippen LogP contribution in [0.25, 0.3) is 0 Å². The van der Waals surface area contributed by atoms with Crippen molar-refractivity contribution < 1.29 is 22.7 Å². The van der Waals surface area contributed by atoms with Crippen LogP contribution >= 0.6 is 23.4 Å². The van der Waals surface area contributed by atoms with Crippen molar-refractivity contribution >= 4 is 35.1 Å². The zero-order valence-electron chi connectivity index (χ0n) is 18.5. The molecule has 1 aliphatic heterocycles. The van der Waals surface area contributed by atoms with Gasteiger partial charge in [0.2, 0.25) is 0 Å². The Balaban J connectivity index is 1.37. The van der Waals surface area contributed by atoms with Gasteiger partial charge >= 0.3 is 6.18 Å². The monoisotopic (exact) mass is 522 g/mol. The standard InChI is InChI=1S/C24H22ClF3N4O2S/c25-20-13-21(32-7-9-34-10-8-32)31-23(30-20)35-15-17-4-1-5-18(11-17)22(33)29-14-16-3-2-6-19(12-16)24(26,27)28/h1-6,11-13H,7-10,14-15H2,(H,29,33). The van der Waals surface area contributed by atoms with Gasteiger partial charge in [-0.15, -0.1) is 0 Å². The maximum absolute atomic E-state index is 12.9. The minimum Gasteiger partial charge on any atom is -0.378 e. The van der Waals surface area contributed by atoms with Gasteiger partial charge in [-0.25, -0.2) is 9.97 Å². The fourth-order valence-electron chi connectivity index (χ4n) is 3.50. The Morgan fingerprint density at radius 2 is 1.80 bits per heavy atom. The highest BCUT2D eigenvalue weighted by Crippen LogP contribution is 2.29. The Bertz CT molecular complexity index is 1190. The maximum atomic E-state index is 12.9. The first kappa shape index (κ1) is 25.3. The van der Waals surface area contributed by atoms with Crippen molar-refractivity contribution in [2.24, 2.45) is 0 Å². The van der Waals surface area contributed by atoms with E-state index in [9.17, 15) is 18.0 Å². The SMILES string of the molecule is O=C(NCc1cccc(C(F)(F)F)c1)c1cccc(CSc2nc(Cl)cc(N3CCOCC3)n2)c1. The molecule has 1 saturated heterocycles. The van der Waals surface area contributed by atoms with Gasteiger partial charge in [0, 0.05) is 37.0 Å². The molecule has 0 unspecified atom stereocenters. The first-order chi connectivity index (χ1) is 16.8. The summed E-state index contributed by atoms with van der Waals surface area (Å²) in [4.78, 5) is 23.6. The molecule has 0 atom stereocenters. The van der Waals surface area contributed by atoms with Crippen molar-refractivity contribution in [3.05, 3.63) is 82.0 Å². The van der Waals surface area contributed by atoms with Gasteiger partial charge in [0.05, 0.1) is 18.8 Å². The smallest absolute Gasteiger partial charge is 0.378 e. The molecule has 2 aromatic carbocycles. The lowest BCUT2D eigenvalue weighted by atomic mass is 10.1. The second-order valence-corrected chi connectivity index (χ2v) is 9.13. The van der Waals surface area contributed by atoms with Crippen molar-refractivity contribution in [3.63, 3.8) is 0 Å². The van der Waals surface area contributed by atoms with Gasteiger partial charge < -0.3 is 15.0 Å². The molecule has 35 heavy (non-hydrogen) atoms. The first-order valence-corrected chi connectivity index (χ1v) is 12.2. The molecule has 0 bridgehead atoms. The van der Waals surface area contributed by atoms with E-state index in [1.165, 1.54) is 17.8 Å². The number of hydrogen-bond donors (Lipinski definition) is 1. The highest BCUT2D eigenvalue weighted by molar-refractivity contribution is 7.98. The fourth-order valence-corrected chi connectivity index (χ4v) is 4.52. The normalized spacial score (nSPS) is 14.1. The number of thioether (sulfide) groups is 1. The third-order valence-corrected chi connectivity index (χ3v) is 6.37. The summed E-state index contributed by atoms with van der Waals surface area (Å²) in [5, 5.41) is 3.55. The average Bonchev–Trinajstić information content (AvgIpc) is 2.86.